The van der Waals surface area contributed by atoms with Gasteiger partial charge in [0.15, 0.2) is 0 Å². The molecule has 3 aromatic carbocycles. The standard InChI is InChI=1S/C37H37N3O8/c1-22-30(44-5)18-23(19-31(22)45-6)32-28-16-15-27(47-21-25-10-8-9-17-38-25)20-29(28)34(41)40(33(32)35(42)46-7)26-13-11-24(12-14-26)39-36(43)48-37(2,3)4/h8-20H,21H2,1-7H3,(H,39,43). The van der Waals surface area contributed by atoms with Gasteiger partial charge < -0.3 is 23.7 Å². The molecule has 5 rings (SSSR count). The highest BCUT2D eigenvalue weighted by Crippen LogP contribution is 2.40. The molecule has 0 spiro atoms. The molecule has 5 aromatic rings. The maximum absolute atomic E-state index is 14.4. The Hall–Kier alpha value is -5.84. The van der Waals surface area contributed by atoms with Gasteiger partial charge in [0.1, 0.15) is 35.2 Å². The largest absolute Gasteiger partial charge is 0.496 e. The number of hydrogen-bond acceptors (Lipinski definition) is 9. The molecule has 0 aliphatic heterocycles. The fourth-order valence-electron chi connectivity index (χ4n) is 5.28. The number of methoxy groups -OCH3 is 3. The van der Waals surface area contributed by atoms with E-state index in [2.05, 4.69) is 10.3 Å². The summed E-state index contributed by atoms with van der Waals surface area (Å²) in [6.07, 6.45) is 1.05. The van der Waals surface area contributed by atoms with Crippen LogP contribution in [0.5, 0.6) is 17.2 Å². The smallest absolute Gasteiger partial charge is 0.412 e. The average molecular weight is 652 g/mol. The van der Waals surface area contributed by atoms with Crippen LogP contribution in [0.25, 0.3) is 27.6 Å². The molecular formula is C37H37N3O8. The Bertz CT molecular complexity index is 2010. The van der Waals surface area contributed by atoms with Crippen LogP contribution in [0.3, 0.4) is 0 Å². The highest BCUT2D eigenvalue weighted by molar-refractivity contribution is 6.07. The van der Waals surface area contributed by atoms with Crippen molar-refractivity contribution in [2.45, 2.75) is 39.9 Å². The number of amides is 1. The van der Waals surface area contributed by atoms with E-state index in [1.54, 1.807) is 95.8 Å². The Kier molecular flexibility index (Phi) is 9.69. The van der Waals surface area contributed by atoms with E-state index in [4.69, 9.17) is 23.7 Å². The fourth-order valence-corrected chi connectivity index (χ4v) is 5.28. The van der Waals surface area contributed by atoms with Crippen molar-refractivity contribution < 1.29 is 33.3 Å². The number of fused-ring (bicyclic) bond motifs is 1. The van der Waals surface area contributed by atoms with Gasteiger partial charge in [0.25, 0.3) is 5.56 Å². The molecule has 48 heavy (non-hydrogen) atoms. The van der Waals surface area contributed by atoms with Gasteiger partial charge in [0.05, 0.1) is 32.4 Å². The second kappa shape index (κ2) is 13.9. The van der Waals surface area contributed by atoms with Crippen LogP contribution in [0.15, 0.2) is 83.8 Å². The van der Waals surface area contributed by atoms with E-state index in [0.717, 1.165) is 11.3 Å². The number of nitrogens with one attached hydrogen (secondary N) is 1. The number of anilines is 1. The van der Waals surface area contributed by atoms with E-state index in [-0.39, 0.29) is 17.7 Å². The number of carbonyl (C=O) groups is 2. The van der Waals surface area contributed by atoms with Crippen LogP contribution in [0.1, 0.15) is 42.5 Å². The molecular weight excluding hydrogens is 614 g/mol. The lowest BCUT2D eigenvalue weighted by molar-refractivity contribution is 0.0589. The first kappa shape index (κ1) is 33.5. The van der Waals surface area contributed by atoms with Crippen molar-refractivity contribution in [3.63, 3.8) is 0 Å². The van der Waals surface area contributed by atoms with E-state index < -0.39 is 23.2 Å². The highest BCUT2D eigenvalue weighted by atomic mass is 16.6. The van der Waals surface area contributed by atoms with Crippen LogP contribution in [0.2, 0.25) is 0 Å². The monoisotopic (exact) mass is 651 g/mol. The lowest BCUT2D eigenvalue weighted by Gasteiger charge is -2.21. The minimum Gasteiger partial charge on any atom is -0.496 e. The molecule has 0 unspecified atom stereocenters. The molecule has 0 aliphatic rings. The zero-order valence-corrected chi connectivity index (χ0v) is 27.9. The van der Waals surface area contributed by atoms with Gasteiger partial charge in [-0.3, -0.25) is 19.7 Å². The molecule has 1 amide bonds. The molecule has 0 atom stereocenters. The molecule has 11 nitrogen and oxygen atoms in total. The summed E-state index contributed by atoms with van der Waals surface area (Å²) < 4.78 is 29.3. The molecule has 0 bridgehead atoms. The third-order valence-corrected chi connectivity index (χ3v) is 7.46. The summed E-state index contributed by atoms with van der Waals surface area (Å²) in [6, 6.07) is 20.7. The number of rotatable bonds is 9. The summed E-state index contributed by atoms with van der Waals surface area (Å²) in [5, 5.41) is 3.45. The van der Waals surface area contributed by atoms with E-state index in [1.807, 2.05) is 25.1 Å². The molecule has 2 aromatic heterocycles. The molecule has 11 heteroatoms. The lowest BCUT2D eigenvalue weighted by Crippen LogP contribution is -2.27. The molecule has 0 saturated heterocycles. The van der Waals surface area contributed by atoms with Gasteiger partial charge in [-0.25, -0.2) is 9.59 Å². The first-order chi connectivity index (χ1) is 22.9. The minimum absolute atomic E-state index is 0.0158. The average Bonchev–Trinajstić information content (AvgIpc) is 3.07. The van der Waals surface area contributed by atoms with Crippen LogP contribution < -0.4 is 25.1 Å². The highest BCUT2D eigenvalue weighted by Gasteiger charge is 2.27. The number of hydrogen-bond donors (Lipinski definition) is 1. The van der Waals surface area contributed by atoms with Crippen LogP contribution in [-0.2, 0) is 16.1 Å². The zero-order valence-electron chi connectivity index (χ0n) is 27.9. The molecule has 2 heterocycles. The summed E-state index contributed by atoms with van der Waals surface area (Å²) in [5.74, 6) is 0.747. The zero-order chi connectivity index (χ0) is 34.6. The SMILES string of the molecule is COC(=O)c1c(-c2cc(OC)c(C)c(OC)c2)c2ccc(OCc3ccccn3)cc2c(=O)n1-c1ccc(NC(=O)OC(C)(C)C)cc1. The van der Waals surface area contributed by atoms with Crippen LogP contribution in [0, 0.1) is 6.92 Å². The number of nitrogens with zero attached hydrogens (tertiary/aromatic N) is 2. The van der Waals surface area contributed by atoms with Crippen molar-refractivity contribution in [1.29, 1.82) is 0 Å². The first-order valence-electron chi connectivity index (χ1n) is 15.1. The van der Waals surface area contributed by atoms with Crippen LogP contribution in [0.4, 0.5) is 10.5 Å². The van der Waals surface area contributed by atoms with Crippen molar-refractivity contribution in [2.24, 2.45) is 0 Å². The van der Waals surface area contributed by atoms with Crippen molar-refractivity contribution in [2.75, 3.05) is 26.6 Å². The van der Waals surface area contributed by atoms with Crippen molar-refractivity contribution in [1.82, 2.24) is 9.55 Å². The van der Waals surface area contributed by atoms with Crippen molar-refractivity contribution in [3.05, 3.63) is 106 Å². The normalized spacial score (nSPS) is 11.1. The van der Waals surface area contributed by atoms with Gasteiger partial charge in [0, 0.05) is 28.7 Å². The van der Waals surface area contributed by atoms with Crippen LogP contribution >= 0.6 is 0 Å². The predicted octanol–water partition coefficient (Wildman–Crippen LogP) is 7.09. The Morgan fingerprint density at radius 2 is 1.56 bits per heavy atom. The van der Waals surface area contributed by atoms with Crippen molar-refractivity contribution in [3.8, 4) is 34.1 Å². The Balaban J connectivity index is 1.75. The first-order valence-corrected chi connectivity index (χ1v) is 15.1. The molecule has 0 aliphatic carbocycles. The number of carbonyl (C=O) groups excluding carboxylic acids is 2. The summed E-state index contributed by atoms with van der Waals surface area (Å²) >= 11 is 0. The van der Waals surface area contributed by atoms with Gasteiger partial charge in [-0.1, -0.05) is 6.07 Å². The van der Waals surface area contributed by atoms with E-state index in [9.17, 15) is 14.4 Å². The molecule has 248 valence electrons. The Morgan fingerprint density at radius 3 is 2.15 bits per heavy atom. The summed E-state index contributed by atoms with van der Waals surface area (Å²) in [5.41, 5.74) is 2.04. The molecule has 0 fully saturated rings. The van der Waals surface area contributed by atoms with Gasteiger partial charge in [-0.15, -0.1) is 0 Å². The maximum atomic E-state index is 14.4. The second-order valence-corrected chi connectivity index (χ2v) is 11.9. The van der Waals surface area contributed by atoms with Gasteiger partial charge in [0.2, 0.25) is 0 Å². The number of pyridine rings is 2. The summed E-state index contributed by atoms with van der Waals surface area (Å²) in [7, 11) is 4.34. The lowest BCUT2D eigenvalue weighted by atomic mass is 9.94. The predicted molar refractivity (Wildman–Crippen MR) is 183 cm³/mol. The number of esters is 1. The molecule has 0 saturated carbocycles. The van der Waals surface area contributed by atoms with Crippen molar-refractivity contribution >= 4 is 28.5 Å². The number of ether oxygens (including phenoxy) is 5. The molecule has 1 N–H and O–H groups in total. The maximum Gasteiger partial charge on any atom is 0.412 e. The fraction of sp³-hybridized carbons (Fsp3) is 0.243. The quantitative estimate of drug-likeness (QED) is 0.166. The van der Waals surface area contributed by atoms with Gasteiger partial charge in [-0.2, -0.15) is 0 Å². The van der Waals surface area contributed by atoms with E-state index in [1.165, 1.54) is 11.7 Å². The Morgan fingerprint density at radius 1 is 0.875 bits per heavy atom. The third kappa shape index (κ3) is 7.10. The molecule has 0 radical (unpaired) electrons. The number of benzene rings is 3. The third-order valence-electron chi connectivity index (χ3n) is 7.46. The Labute approximate surface area is 278 Å². The topological polar surface area (TPSA) is 127 Å². The second-order valence-electron chi connectivity index (χ2n) is 11.9. The van der Waals surface area contributed by atoms with Gasteiger partial charge in [-0.05, 0) is 105 Å². The number of aromatic nitrogens is 2. The van der Waals surface area contributed by atoms with E-state index in [0.29, 0.717) is 45.1 Å². The minimum atomic E-state index is -0.742. The van der Waals surface area contributed by atoms with Gasteiger partial charge >= 0.3 is 12.1 Å². The summed E-state index contributed by atoms with van der Waals surface area (Å²) in [4.78, 5) is 44.8. The van der Waals surface area contributed by atoms with E-state index >= 15 is 0 Å². The van der Waals surface area contributed by atoms with Crippen LogP contribution in [-0.4, -0.2) is 48.5 Å². The summed E-state index contributed by atoms with van der Waals surface area (Å²) in [6.45, 7) is 7.35.